The Bertz CT molecular complexity index is 1060. The number of fused-ring (bicyclic) bond motifs is 1. The van der Waals surface area contributed by atoms with Gasteiger partial charge in [0.1, 0.15) is 0 Å². The van der Waals surface area contributed by atoms with Crippen LogP contribution in [-0.2, 0) is 10.0 Å². The lowest BCUT2D eigenvalue weighted by atomic mass is 10.1. The topological polar surface area (TPSA) is 95.6 Å². The quantitative estimate of drug-likeness (QED) is 0.454. The number of carbonyl (C=O) groups is 2. The molecule has 8 heteroatoms. The van der Waals surface area contributed by atoms with Crippen LogP contribution in [-0.4, -0.2) is 38.1 Å². The molecule has 0 unspecified atom stereocenters. The molecule has 1 heterocycles. The van der Waals surface area contributed by atoms with Crippen molar-refractivity contribution in [3.05, 3.63) is 59.7 Å². The van der Waals surface area contributed by atoms with Gasteiger partial charge in [0.25, 0.3) is 11.8 Å². The number of hydrogen-bond acceptors (Lipinski definition) is 5. The minimum atomic E-state index is -3.30. The molecule has 31 heavy (non-hydrogen) atoms. The van der Waals surface area contributed by atoms with Crippen LogP contribution in [0.15, 0.2) is 48.5 Å². The molecular weight excluding hydrogens is 414 g/mol. The smallest absolute Gasteiger partial charge is 0.266 e. The highest BCUT2D eigenvalue weighted by Gasteiger charge is 2.36. The molecule has 2 aromatic carbocycles. The number of nitrogens with one attached hydrogen (secondary N) is 2. The minimum absolute atomic E-state index is 0.310. The highest BCUT2D eigenvalue weighted by Crippen LogP contribution is 2.30. The molecule has 3 rings (SSSR count). The van der Waals surface area contributed by atoms with E-state index in [0.29, 0.717) is 29.9 Å². The third-order valence-corrected chi connectivity index (χ3v) is 7.38. The van der Waals surface area contributed by atoms with Gasteiger partial charge in [-0.25, -0.2) is 18.0 Å². The number of nitrogens with zero attached hydrogens (tertiary/aromatic N) is 1. The third kappa shape index (κ3) is 5.14. The Kier molecular flexibility index (Phi) is 6.81. The zero-order valence-electron chi connectivity index (χ0n) is 18.1. The van der Waals surface area contributed by atoms with Gasteiger partial charge in [0.2, 0.25) is 10.0 Å². The Morgan fingerprint density at radius 1 is 0.839 bits per heavy atom. The van der Waals surface area contributed by atoms with Gasteiger partial charge in [0.05, 0.1) is 21.6 Å². The maximum Gasteiger partial charge on any atom is 0.266 e. The van der Waals surface area contributed by atoms with Crippen LogP contribution >= 0.6 is 0 Å². The van der Waals surface area contributed by atoms with E-state index >= 15 is 0 Å². The molecule has 0 bridgehead atoms. The second-order valence-electron chi connectivity index (χ2n) is 8.54. The summed E-state index contributed by atoms with van der Waals surface area (Å²) in [4.78, 5) is 26.6. The molecule has 2 amide bonds. The molecule has 1 aliphatic heterocycles. The highest BCUT2D eigenvalue weighted by molar-refractivity contribution is 7.90. The summed E-state index contributed by atoms with van der Waals surface area (Å²) in [6, 6.07) is 14.1. The Morgan fingerprint density at radius 3 is 2.16 bits per heavy atom. The SMILES string of the molecule is CC(C)(C)S(=O)(=O)NCCCCCNc1ccc2c(c1)C(=O)N(c1ccccc1)C2=O. The van der Waals surface area contributed by atoms with Gasteiger partial charge in [0.15, 0.2) is 0 Å². The molecular formula is C23H29N3O4S. The summed E-state index contributed by atoms with van der Waals surface area (Å²) < 4.78 is 25.8. The lowest BCUT2D eigenvalue weighted by Gasteiger charge is -2.19. The van der Waals surface area contributed by atoms with E-state index in [1.807, 2.05) is 6.07 Å². The number of benzene rings is 2. The zero-order valence-corrected chi connectivity index (χ0v) is 19.0. The van der Waals surface area contributed by atoms with Crippen molar-refractivity contribution < 1.29 is 18.0 Å². The maximum absolute atomic E-state index is 12.8. The average molecular weight is 444 g/mol. The predicted molar refractivity (Wildman–Crippen MR) is 123 cm³/mol. The largest absolute Gasteiger partial charge is 0.385 e. The second-order valence-corrected chi connectivity index (χ2v) is 11.1. The first-order chi connectivity index (χ1) is 14.6. The van der Waals surface area contributed by atoms with E-state index in [2.05, 4.69) is 10.0 Å². The van der Waals surface area contributed by atoms with Crippen molar-refractivity contribution in [2.45, 2.75) is 44.8 Å². The molecule has 0 fully saturated rings. The lowest BCUT2D eigenvalue weighted by Crippen LogP contribution is -2.39. The summed E-state index contributed by atoms with van der Waals surface area (Å²) in [6.07, 6.45) is 2.47. The van der Waals surface area contributed by atoms with Crippen LogP contribution in [0.25, 0.3) is 0 Å². The molecule has 0 radical (unpaired) electrons. The van der Waals surface area contributed by atoms with E-state index in [-0.39, 0.29) is 11.8 Å². The van der Waals surface area contributed by atoms with E-state index < -0.39 is 14.8 Å². The summed E-state index contributed by atoms with van der Waals surface area (Å²) in [6.45, 7) is 6.13. The van der Waals surface area contributed by atoms with Crippen molar-refractivity contribution in [2.75, 3.05) is 23.3 Å². The first-order valence-corrected chi connectivity index (χ1v) is 11.9. The van der Waals surface area contributed by atoms with Gasteiger partial charge in [-0.3, -0.25) is 9.59 Å². The fourth-order valence-electron chi connectivity index (χ4n) is 3.24. The van der Waals surface area contributed by atoms with Crippen LogP contribution in [0.3, 0.4) is 0 Å². The van der Waals surface area contributed by atoms with Crippen LogP contribution in [0.2, 0.25) is 0 Å². The van der Waals surface area contributed by atoms with Crippen molar-refractivity contribution in [1.29, 1.82) is 0 Å². The lowest BCUT2D eigenvalue weighted by molar-refractivity contribution is 0.0926. The maximum atomic E-state index is 12.8. The Hall–Kier alpha value is -2.71. The summed E-state index contributed by atoms with van der Waals surface area (Å²) in [5, 5.41) is 3.28. The fourth-order valence-corrected chi connectivity index (χ4v) is 4.09. The van der Waals surface area contributed by atoms with Gasteiger partial charge in [-0.15, -0.1) is 0 Å². The van der Waals surface area contributed by atoms with Crippen molar-refractivity contribution in [2.24, 2.45) is 0 Å². The number of unbranched alkanes of at least 4 members (excludes halogenated alkanes) is 2. The van der Waals surface area contributed by atoms with Gasteiger partial charge >= 0.3 is 0 Å². The third-order valence-electron chi connectivity index (χ3n) is 5.18. The molecule has 0 saturated carbocycles. The molecule has 0 spiro atoms. The van der Waals surface area contributed by atoms with E-state index in [9.17, 15) is 18.0 Å². The Labute approximate surface area is 183 Å². The Balaban J connectivity index is 1.49. The van der Waals surface area contributed by atoms with E-state index in [1.165, 1.54) is 4.90 Å². The summed E-state index contributed by atoms with van der Waals surface area (Å²) in [7, 11) is -3.30. The number of para-hydroxylation sites is 1. The minimum Gasteiger partial charge on any atom is -0.385 e. The first kappa shape index (κ1) is 23.0. The monoisotopic (exact) mass is 443 g/mol. The van der Waals surface area contributed by atoms with Gasteiger partial charge in [-0.05, 0) is 63.9 Å². The summed E-state index contributed by atoms with van der Waals surface area (Å²) in [5.41, 5.74) is 2.15. The van der Waals surface area contributed by atoms with Crippen LogP contribution < -0.4 is 14.9 Å². The number of amides is 2. The van der Waals surface area contributed by atoms with Gasteiger partial charge < -0.3 is 5.32 Å². The molecule has 2 N–H and O–H groups in total. The molecule has 0 aliphatic carbocycles. The molecule has 7 nitrogen and oxygen atoms in total. The number of carbonyl (C=O) groups excluding carboxylic acids is 2. The summed E-state index contributed by atoms with van der Waals surface area (Å²) >= 11 is 0. The van der Waals surface area contributed by atoms with E-state index in [4.69, 9.17) is 0 Å². The molecule has 166 valence electrons. The molecule has 0 aromatic heterocycles. The summed E-state index contributed by atoms with van der Waals surface area (Å²) in [5.74, 6) is -0.628. The normalized spacial score (nSPS) is 14.1. The van der Waals surface area contributed by atoms with Crippen LogP contribution in [0.1, 0.15) is 60.7 Å². The Morgan fingerprint density at radius 2 is 1.48 bits per heavy atom. The average Bonchev–Trinajstić information content (AvgIpc) is 2.97. The number of sulfonamides is 1. The second kappa shape index (κ2) is 9.20. The zero-order chi connectivity index (χ0) is 22.6. The van der Waals surface area contributed by atoms with Crippen molar-refractivity contribution in [3.8, 4) is 0 Å². The fraction of sp³-hybridized carbons (Fsp3) is 0.391. The van der Waals surface area contributed by atoms with E-state index in [1.54, 1.807) is 63.2 Å². The van der Waals surface area contributed by atoms with Crippen LogP contribution in [0, 0.1) is 0 Å². The van der Waals surface area contributed by atoms with Crippen molar-refractivity contribution in [3.63, 3.8) is 0 Å². The predicted octanol–water partition coefficient (Wildman–Crippen LogP) is 3.79. The van der Waals surface area contributed by atoms with Crippen molar-refractivity contribution in [1.82, 2.24) is 4.72 Å². The van der Waals surface area contributed by atoms with Gasteiger partial charge in [0, 0.05) is 18.8 Å². The van der Waals surface area contributed by atoms with E-state index in [0.717, 1.165) is 24.9 Å². The van der Waals surface area contributed by atoms with Crippen LogP contribution in [0.5, 0.6) is 0 Å². The molecule has 2 aromatic rings. The number of rotatable bonds is 9. The molecule has 0 saturated heterocycles. The number of hydrogen-bond donors (Lipinski definition) is 2. The highest BCUT2D eigenvalue weighted by atomic mass is 32.2. The molecule has 1 aliphatic rings. The van der Waals surface area contributed by atoms with Gasteiger partial charge in [-0.2, -0.15) is 0 Å². The standard InChI is InChI=1S/C23H29N3O4S/c1-23(2,3)31(29,30)25-15-9-5-8-14-24-17-12-13-19-20(16-17)22(28)26(21(19)27)18-10-6-4-7-11-18/h4,6-7,10-13,16,24-25H,5,8-9,14-15H2,1-3H3. The first-order valence-electron chi connectivity index (χ1n) is 10.4. The van der Waals surface area contributed by atoms with Crippen molar-refractivity contribution >= 4 is 33.2 Å². The van der Waals surface area contributed by atoms with Gasteiger partial charge in [-0.1, -0.05) is 24.6 Å². The van der Waals surface area contributed by atoms with Crippen LogP contribution in [0.4, 0.5) is 11.4 Å². The molecule has 0 atom stereocenters. The number of imide groups is 1. The number of anilines is 2.